The first-order valence-corrected chi connectivity index (χ1v) is 9.40. The van der Waals surface area contributed by atoms with Gasteiger partial charge < -0.3 is 0 Å². The minimum Gasteiger partial charge on any atom is -0.0654 e. The largest absolute Gasteiger partial charge is 0.0654 e. The van der Waals surface area contributed by atoms with Gasteiger partial charge in [0.1, 0.15) is 0 Å². The van der Waals surface area contributed by atoms with Gasteiger partial charge in [-0.25, -0.2) is 0 Å². The summed E-state index contributed by atoms with van der Waals surface area (Å²) in [6.07, 6.45) is 10.1. The second-order valence-electron chi connectivity index (χ2n) is 8.18. The summed E-state index contributed by atoms with van der Waals surface area (Å²) >= 11 is 0. The molecule has 1 rings (SSSR count). The third-order valence-electron chi connectivity index (χ3n) is 6.75. The molecule has 0 radical (unpaired) electrons. The smallest absolute Gasteiger partial charge is 0.0220 e. The highest BCUT2D eigenvalue weighted by Crippen LogP contribution is 2.59. The van der Waals surface area contributed by atoms with E-state index in [0.717, 1.165) is 29.6 Å². The van der Waals surface area contributed by atoms with Crippen molar-refractivity contribution in [3.8, 4) is 0 Å². The topological polar surface area (TPSA) is 0 Å². The van der Waals surface area contributed by atoms with Gasteiger partial charge in [0.2, 0.25) is 0 Å². The number of rotatable bonds is 9. The quantitative estimate of drug-likeness (QED) is 0.429. The van der Waals surface area contributed by atoms with Crippen LogP contribution in [-0.2, 0) is 0 Å². The van der Waals surface area contributed by atoms with Gasteiger partial charge in [-0.3, -0.25) is 0 Å². The van der Waals surface area contributed by atoms with Crippen molar-refractivity contribution in [2.75, 3.05) is 0 Å². The van der Waals surface area contributed by atoms with E-state index < -0.39 is 0 Å². The summed E-state index contributed by atoms with van der Waals surface area (Å²) in [6.45, 7) is 17.0. The van der Waals surface area contributed by atoms with Crippen LogP contribution >= 0.6 is 0 Å². The van der Waals surface area contributed by atoms with Crippen LogP contribution in [0.4, 0.5) is 0 Å². The van der Waals surface area contributed by atoms with Crippen LogP contribution in [0.15, 0.2) is 0 Å². The van der Waals surface area contributed by atoms with Gasteiger partial charge in [-0.05, 0) is 60.7 Å². The van der Waals surface area contributed by atoms with Gasteiger partial charge in [-0.1, -0.05) is 67.7 Å². The molecule has 1 saturated carbocycles. The lowest BCUT2D eigenvalue weighted by Gasteiger charge is -2.57. The molecule has 0 aromatic carbocycles. The first-order valence-electron chi connectivity index (χ1n) is 9.40. The zero-order valence-corrected chi connectivity index (χ0v) is 15.3. The molecule has 120 valence electrons. The Morgan fingerprint density at radius 2 is 1.65 bits per heavy atom. The molecule has 0 aromatic rings. The molecule has 0 amide bonds. The molecule has 0 bridgehead atoms. The molecule has 0 spiro atoms. The Hall–Kier alpha value is 0. The molecule has 4 unspecified atom stereocenters. The van der Waals surface area contributed by atoms with E-state index in [0.29, 0.717) is 5.41 Å². The van der Waals surface area contributed by atoms with Crippen LogP contribution in [0.5, 0.6) is 0 Å². The Bertz CT molecular complexity index is 265. The third kappa shape index (κ3) is 3.60. The summed E-state index contributed by atoms with van der Waals surface area (Å²) in [6, 6.07) is 0. The van der Waals surface area contributed by atoms with Crippen molar-refractivity contribution >= 4 is 0 Å². The lowest BCUT2D eigenvalue weighted by atomic mass is 9.48. The average Bonchev–Trinajstić information content (AvgIpc) is 2.33. The zero-order valence-electron chi connectivity index (χ0n) is 15.3. The minimum absolute atomic E-state index is 0.672. The van der Waals surface area contributed by atoms with Crippen LogP contribution in [0.2, 0.25) is 0 Å². The van der Waals surface area contributed by atoms with E-state index in [1.165, 1.54) is 44.9 Å². The van der Waals surface area contributed by atoms with Crippen LogP contribution in [0.25, 0.3) is 0 Å². The van der Waals surface area contributed by atoms with Gasteiger partial charge in [0.05, 0.1) is 0 Å². The van der Waals surface area contributed by atoms with E-state index in [-0.39, 0.29) is 0 Å². The fourth-order valence-corrected chi connectivity index (χ4v) is 5.20. The third-order valence-corrected chi connectivity index (χ3v) is 6.75. The maximum atomic E-state index is 2.54. The van der Waals surface area contributed by atoms with Crippen molar-refractivity contribution in [1.29, 1.82) is 0 Å². The summed E-state index contributed by atoms with van der Waals surface area (Å²) in [5.41, 5.74) is 0.672. The first kappa shape index (κ1) is 18.1. The van der Waals surface area contributed by atoms with E-state index in [4.69, 9.17) is 0 Å². The van der Waals surface area contributed by atoms with Crippen molar-refractivity contribution in [3.63, 3.8) is 0 Å². The van der Waals surface area contributed by atoms with Crippen molar-refractivity contribution in [2.24, 2.45) is 35.0 Å². The lowest BCUT2D eigenvalue weighted by Crippen LogP contribution is -2.49. The summed E-state index contributed by atoms with van der Waals surface area (Å²) in [4.78, 5) is 0. The van der Waals surface area contributed by atoms with Gasteiger partial charge in [-0.2, -0.15) is 0 Å². The van der Waals surface area contributed by atoms with Crippen molar-refractivity contribution in [2.45, 2.75) is 93.4 Å². The molecule has 1 aliphatic carbocycles. The maximum absolute atomic E-state index is 2.54. The molecule has 20 heavy (non-hydrogen) atoms. The Balaban J connectivity index is 2.65. The Kier molecular flexibility index (Phi) is 7.09. The molecule has 0 saturated heterocycles. The molecule has 0 aliphatic heterocycles. The van der Waals surface area contributed by atoms with Crippen LogP contribution in [-0.4, -0.2) is 0 Å². The van der Waals surface area contributed by atoms with Crippen LogP contribution in [0, 0.1) is 35.0 Å². The summed E-state index contributed by atoms with van der Waals surface area (Å²) in [5.74, 6) is 4.60. The van der Waals surface area contributed by atoms with Crippen molar-refractivity contribution < 1.29 is 0 Å². The van der Waals surface area contributed by atoms with Crippen LogP contribution in [0.1, 0.15) is 93.4 Å². The van der Waals surface area contributed by atoms with Crippen LogP contribution in [0.3, 0.4) is 0 Å². The van der Waals surface area contributed by atoms with Crippen molar-refractivity contribution in [1.82, 2.24) is 0 Å². The average molecular weight is 281 g/mol. The Morgan fingerprint density at radius 3 is 2.00 bits per heavy atom. The SMILES string of the molecule is CCCC(C)C1(C(C)C)CCC1CCC(CC)C(C)C. The maximum Gasteiger partial charge on any atom is -0.0220 e. The minimum atomic E-state index is 0.672. The second-order valence-corrected chi connectivity index (χ2v) is 8.18. The standard InChI is InChI=1S/C20H40/c1-8-10-17(7)20(16(5)6)14-13-19(20)12-11-18(9-2)15(3)4/h15-19H,8-14H2,1-7H3. The van der Waals surface area contributed by atoms with Crippen molar-refractivity contribution in [3.05, 3.63) is 0 Å². The highest BCUT2D eigenvalue weighted by molar-refractivity contribution is 5.00. The van der Waals surface area contributed by atoms with E-state index in [1.54, 1.807) is 0 Å². The lowest BCUT2D eigenvalue weighted by molar-refractivity contribution is -0.0790. The summed E-state index contributed by atoms with van der Waals surface area (Å²) in [7, 11) is 0. The number of hydrogen-bond donors (Lipinski definition) is 0. The van der Waals surface area contributed by atoms with E-state index in [2.05, 4.69) is 48.5 Å². The van der Waals surface area contributed by atoms with Gasteiger partial charge in [0.15, 0.2) is 0 Å². The molecule has 0 aromatic heterocycles. The Labute approximate surface area is 129 Å². The number of hydrogen-bond acceptors (Lipinski definition) is 0. The molecular weight excluding hydrogens is 240 g/mol. The van der Waals surface area contributed by atoms with Gasteiger partial charge in [0, 0.05) is 0 Å². The molecular formula is C20H40. The van der Waals surface area contributed by atoms with Gasteiger partial charge in [-0.15, -0.1) is 0 Å². The second kappa shape index (κ2) is 7.85. The predicted molar refractivity (Wildman–Crippen MR) is 91.9 cm³/mol. The normalized spacial score (nSPS) is 29.6. The fraction of sp³-hybridized carbons (Fsp3) is 1.00. The predicted octanol–water partition coefficient (Wildman–Crippen LogP) is 6.94. The monoisotopic (exact) mass is 280 g/mol. The molecule has 0 nitrogen and oxygen atoms in total. The van der Waals surface area contributed by atoms with Gasteiger partial charge >= 0.3 is 0 Å². The summed E-state index contributed by atoms with van der Waals surface area (Å²) < 4.78 is 0. The molecule has 4 atom stereocenters. The molecule has 0 heterocycles. The first-order chi connectivity index (χ1) is 9.40. The van der Waals surface area contributed by atoms with Crippen LogP contribution < -0.4 is 0 Å². The van der Waals surface area contributed by atoms with Gasteiger partial charge in [0.25, 0.3) is 0 Å². The molecule has 0 N–H and O–H groups in total. The van der Waals surface area contributed by atoms with E-state index >= 15 is 0 Å². The highest BCUT2D eigenvalue weighted by atomic mass is 14.6. The zero-order chi connectivity index (χ0) is 15.3. The fourth-order valence-electron chi connectivity index (χ4n) is 5.20. The molecule has 1 fully saturated rings. The molecule has 1 aliphatic rings. The summed E-state index contributed by atoms with van der Waals surface area (Å²) in [5, 5.41) is 0. The van der Waals surface area contributed by atoms with E-state index in [9.17, 15) is 0 Å². The highest BCUT2D eigenvalue weighted by Gasteiger charge is 2.51. The molecule has 0 heteroatoms. The Morgan fingerprint density at radius 1 is 1.00 bits per heavy atom. The van der Waals surface area contributed by atoms with E-state index in [1.807, 2.05) is 0 Å².